The molecule has 0 saturated heterocycles. The van der Waals surface area contributed by atoms with Gasteiger partial charge in [0, 0.05) is 4.47 Å². The van der Waals surface area contributed by atoms with Gasteiger partial charge in [-0.3, -0.25) is 4.79 Å². The van der Waals surface area contributed by atoms with Gasteiger partial charge in [0.1, 0.15) is 5.75 Å². The van der Waals surface area contributed by atoms with Gasteiger partial charge in [0.2, 0.25) is 0 Å². The van der Waals surface area contributed by atoms with Crippen molar-refractivity contribution < 1.29 is 14.4 Å². The molecule has 1 rings (SSSR count). The summed E-state index contributed by atoms with van der Waals surface area (Å²) < 4.78 is 7.13. The summed E-state index contributed by atoms with van der Waals surface area (Å²) >= 11 is 6.67. The molecule has 0 aliphatic carbocycles. The minimum absolute atomic E-state index is 0.118. The van der Waals surface area contributed by atoms with Crippen molar-refractivity contribution in [3.05, 3.63) is 27.1 Å². The molecule has 0 bridgehead atoms. The number of carbonyl (C=O) groups is 1. The molecular weight excluding hydrogens is 344 g/mol. The zero-order valence-corrected chi connectivity index (χ0v) is 11.4. The van der Waals surface area contributed by atoms with Gasteiger partial charge >= 0.3 is 5.97 Å². The third-order valence-corrected chi connectivity index (χ3v) is 2.74. The first-order valence-corrected chi connectivity index (χ1v) is 5.95. The van der Waals surface area contributed by atoms with E-state index in [1.165, 1.54) is 0 Å². The second kappa shape index (κ2) is 6.85. The molecule has 0 aromatic heterocycles. The average Bonchev–Trinajstić information content (AvgIpc) is 2.22. The Morgan fingerprint density at radius 1 is 1.44 bits per heavy atom. The average molecular weight is 354 g/mol. The van der Waals surface area contributed by atoms with Gasteiger partial charge in [0.05, 0.1) is 17.5 Å². The fourth-order valence-corrected chi connectivity index (χ4v) is 2.11. The second-order valence-corrected chi connectivity index (χ2v) is 4.54. The second-order valence-electron chi connectivity index (χ2n) is 2.77. The van der Waals surface area contributed by atoms with Gasteiger partial charge in [-0.15, -0.1) is 0 Å². The summed E-state index contributed by atoms with van der Waals surface area (Å²) in [5.74, 6) is 4.99. The van der Waals surface area contributed by atoms with Gasteiger partial charge in [-0.1, -0.05) is 21.5 Å². The summed E-state index contributed by atoms with van der Waals surface area (Å²) in [5.41, 5.74) is 1.81. The maximum absolute atomic E-state index is 10.9. The van der Waals surface area contributed by atoms with Crippen molar-refractivity contribution in [2.45, 2.75) is 6.42 Å². The van der Waals surface area contributed by atoms with Gasteiger partial charge in [0.15, 0.2) is 0 Å². The summed E-state index contributed by atoms with van der Waals surface area (Å²) in [6.45, 7) is 0.223. The fraction of sp³-hybridized carbons (Fsp3) is 0.222. The molecule has 0 heterocycles. The van der Waals surface area contributed by atoms with Crippen LogP contribution in [0.25, 0.3) is 0 Å². The highest BCUT2D eigenvalue weighted by Crippen LogP contribution is 2.28. The predicted molar refractivity (Wildman–Crippen MR) is 65.4 cm³/mol. The van der Waals surface area contributed by atoms with Crippen molar-refractivity contribution >= 4 is 37.8 Å². The number of hydrogen-bond donors (Lipinski definition) is 2. The molecule has 5 nitrogen and oxygen atoms in total. The standard InChI is InChI=1S/C9H10Br2N2O3/c10-6-1-2-8(7(11)5-6)15-4-3-9(14)16-13-12/h1-2,5,13H,3-4,12H2. The van der Waals surface area contributed by atoms with Crippen molar-refractivity contribution in [1.82, 2.24) is 5.59 Å². The Morgan fingerprint density at radius 2 is 2.19 bits per heavy atom. The Kier molecular flexibility index (Phi) is 5.75. The van der Waals surface area contributed by atoms with E-state index in [1.54, 1.807) is 6.07 Å². The molecule has 0 aliphatic heterocycles. The lowest BCUT2D eigenvalue weighted by molar-refractivity contribution is -0.151. The van der Waals surface area contributed by atoms with E-state index in [9.17, 15) is 4.79 Å². The summed E-state index contributed by atoms with van der Waals surface area (Å²) in [6, 6.07) is 5.50. The third kappa shape index (κ3) is 4.48. The molecule has 0 amide bonds. The molecule has 7 heteroatoms. The molecule has 0 fully saturated rings. The zero-order valence-electron chi connectivity index (χ0n) is 8.20. The number of rotatable bonds is 5. The Labute approximate surface area is 109 Å². The molecule has 1 aromatic rings. The summed E-state index contributed by atoms with van der Waals surface area (Å²) in [4.78, 5) is 15.2. The SMILES string of the molecule is NNOC(=O)CCOc1ccc(Br)cc1Br. The molecule has 0 spiro atoms. The number of hydrazine groups is 1. The number of nitrogens with one attached hydrogen (secondary N) is 1. The van der Waals surface area contributed by atoms with Gasteiger partial charge in [-0.05, 0) is 34.1 Å². The highest BCUT2D eigenvalue weighted by molar-refractivity contribution is 9.11. The smallest absolute Gasteiger partial charge is 0.329 e. The predicted octanol–water partition coefficient (Wildman–Crippen LogP) is 1.90. The maximum Gasteiger partial charge on any atom is 0.329 e. The molecule has 16 heavy (non-hydrogen) atoms. The monoisotopic (exact) mass is 352 g/mol. The summed E-state index contributed by atoms with van der Waals surface area (Å²) in [7, 11) is 0. The van der Waals surface area contributed by atoms with Gasteiger partial charge in [-0.25, -0.2) is 5.84 Å². The van der Waals surface area contributed by atoms with E-state index in [2.05, 4.69) is 36.7 Å². The molecule has 0 radical (unpaired) electrons. The first-order chi connectivity index (χ1) is 7.63. The van der Waals surface area contributed by atoms with Crippen LogP contribution in [0.3, 0.4) is 0 Å². The zero-order chi connectivity index (χ0) is 12.0. The van der Waals surface area contributed by atoms with Crippen LogP contribution in [-0.4, -0.2) is 12.6 Å². The first kappa shape index (κ1) is 13.4. The van der Waals surface area contributed by atoms with Gasteiger partial charge < -0.3 is 9.57 Å². The van der Waals surface area contributed by atoms with Crippen molar-refractivity contribution in [2.75, 3.05) is 6.61 Å². The molecule has 0 aliphatic rings. The Morgan fingerprint density at radius 3 is 2.81 bits per heavy atom. The van der Waals surface area contributed by atoms with E-state index >= 15 is 0 Å². The third-order valence-electron chi connectivity index (χ3n) is 1.63. The molecule has 0 saturated carbocycles. The molecule has 0 unspecified atom stereocenters. The molecule has 3 N–H and O–H groups in total. The number of carbonyl (C=O) groups excluding carboxylic acids is 1. The van der Waals surface area contributed by atoms with Crippen LogP contribution in [0, 0.1) is 0 Å². The van der Waals surface area contributed by atoms with Crippen LogP contribution in [0.1, 0.15) is 6.42 Å². The summed E-state index contributed by atoms with van der Waals surface area (Å²) in [6.07, 6.45) is 0.118. The maximum atomic E-state index is 10.9. The summed E-state index contributed by atoms with van der Waals surface area (Å²) in [5, 5.41) is 0. The van der Waals surface area contributed by atoms with Crippen LogP contribution >= 0.6 is 31.9 Å². The number of halogens is 2. The molecular formula is C9H10Br2N2O3. The lowest BCUT2D eigenvalue weighted by atomic mass is 10.3. The number of ether oxygens (including phenoxy) is 1. The number of benzene rings is 1. The van der Waals surface area contributed by atoms with Crippen LogP contribution in [0.5, 0.6) is 5.75 Å². The van der Waals surface area contributed by atoms with E-state index in [-0.39, 0.29) is 13.0 Å². The molecule has 0 atom stereocenters. The number of nitrogens with two attached hydrogens (primary N) is 1. The van der Waals surface area contributed by atoms with Crippen LogP contribution in [0.15, 0.2) is 27.1 Å². The van der Waals surface area contributed by atoms with Crippen molar-refractivity contribution in [3.8, 4) is 5.75 Å². The van der Waals surface area contributed by atoms with Crippen LogP contribution in [0.4, 0.5) is 0 Å². The number of hydrogen-bond acceptors (Lipinski definition) is 5. The molecule has 1 aromatic carbocycles. The Bertz CT molecular complexity index is 374. The van der Waals surface area contributed by atoms with E-state index in [0.717, 1.165) is 8.95 Å². The largest absolute Gasteiger partial charge is 0.492 e. The van der Waals surface area contributed by atoms with Gasteiger partial charge in [0.25, 0.3) is 0 Å². The van der Waals surface area contributed by atoms with E-state index in [4.69, 9.17) is 10.6 Å². The highest BCUT2D eigenvalue weighted by Gasteiger charge is 2.05. The van der Waals surface area contributed by atoms with E-state index < -0.39 is 5.97 Å². The quantitative estimate of drug-likeness (QED) is 0.624. The molecule has 88 valence electrons. The van der Waals surface area contributed by atoms with Gasteiger partial charge in [-0.2, -0.15) is 0 Å². The topological polar surface area (TPSA) is 73.6 Å². The van der Waals surface area contributed by atoms with Crippen LogP contribution in [0.2, 0.25) is 0 Å². The van der Waals surface area contributed by atoms with E-state index in [0.29, 0.717) is 5.75 Å². The van der Waals surface area contributed by atoms with Crippen LogP contribution < -0.4 is 16.2 Å². The first-order valence-electron chi connectivity index (χ1n) is 4.36. The van der Waals surface area contributed by atoms with Crippen molar-refractivity contribution in [1.29, 1.82) is 0 Å². The highest BCUT2D eigenvalue weighted by atomic mass is 79.9. The lowest BCUT2D eigenvalue weighted by Gasteiger charge is -2.07. The lowest BCUT2D eigenvalue weighted by Crippen LogP contribution is -2.26. The normalized spacial score (nSPS) is 9.94. The fourth-order valence-electron chi connectivity index (χ4n) is 0.953. The Balaban J connectivity index is 2.40. The van der Waals surface area contributed by atoms with Crippen LogP contribution in [-0.2, 0) is 9.63 Å². The minimum Gasteiger partial charge on any atom is -0.492 e. The Hall–Kier alpha value is -0.630. The minimum atomic E-state index is -0.476. The van der Waals surface area contributed by atoms with E-state index in [1.807, 2.05) is 17.7 Å². The van der Waals surface area contributed by atoms with Crippen molar-refractivity contribution in [3.63, 3.8) is 0 Å². The van der Waals surface area contributed by atoms with Crippen molar-refractivity contribution in [2.24, 2.45) is 5.84 Å².